The van der Waals surface area contributed by atoms with E-state index in [0.29, 0.717) is 5.56 Å². The molecule has 64 valence electrons. The van der Waals surface area contributed by atoms with Gasteiger partial charge in [0, 0.05) is 5.56 Å². The first kappa shape index (κ1) is 8.78. The van der Waals surface area contributed by atoms with Gasteiger partial charge in [-0.15, -0.1) is 0 Å². The summed E-state index contributed by atoms with van der Waals surface area (Å²) < 4.78 is 0. The highest BCUT2D eigenvalue weighted by atomic mass is 16.1. The molecule has 0 spiro atoms. The van der Waals surface area contributed by atoms with E-state index >= 15 is 0 Å². The fraction of sp³-hybridized carbons (Fsp3) is 0.300. The van der Waals surface area contributed by atoms with Crippen molar-refractivity contribution in [2.45, 2.75) is 20.3 Å². The van der Waals surface area contributed by atoms with Gasteiger partial charge in [-0.3, -0.25) is 4.79 Å². The fourth-order valence-corrected chi connectivity index (χ4v) is 1.22. The summed E-state index contributed by atoms with van der Waals surface area (Å²) in [7, 11) is 0. The highest BCUT2D eigenvalue weighted by Gasteiger charge is 2.03. The van der Waals surface area contributed by atoms with Crippen LogP contribution in [0.4, 0.5) is 0 Å². The average molecular weight is 163 g/mol. The molecule has 0 aliphatic heterocycles. The van der Waals surface area contributed by atoms with E-state index in [1.807, 2.05) is 19.1 Å². The summed E-state index contributed by atoms with van der Waals surface area (Å²) in [6.07, 6.45) is 0.986. The summed E-state index contributed by atoms with van der Waals surface area (Å²) in [6.45, 7) is 3.98. The van der Waals surface area contributed by atoms with E-state index in [-0.39, 0.29) is 5.91 Å². The third kappa shape index (κ3) is 1.64. The minimum Gasteiger partial charge on any atom is -0.366 e. The first-order valence-electron chi connectivity index (χ1n) is 4.04. The molecule has 2 N–H and O–H groups in total. The van der Waals surface area contributed by atoms with Crippen LogP contribution >= 0.6 is 0 Å². The molecule has 2 nitrogen and oxygen atoms in total. The Balaban J connectivity index is 3.12. The minimum atomic E-state index is -0.352. The van der Waals surface area contributed by atoms with E-state index < -0.39 is 0 Å². The molecular weight excluding hydrogens is 150 g/mol. The molecule has 0 aromatic heterocycles. The smallest absolute Gasteiger partial charge is 0.248 e. The zero-order valence-corrected chi connectivity index (χ0v) is 7.42. The average Bonchev–Trinajstić information content (AvgIpc) is 2.03. The molecule has 0 aliphatic carbocycles. The summed E-state index contributed by atoms with van der Waals surface area (Å²) >= 11 is 0. The minimum absolute atomic E-state index is 0.352. The van der Waals surface area contributed by atoms with Gasteiger partial charge in [0.15, 0.2) is 0 Å². The molecule has 0 fully saturated rings. The summed E-state index contributed by atoms with van der Waals surface area (Å²) in [5.41, 5.74) is 7.98. The normalized spacial score (nSPS) is 9.83. The molecule has 2 heteroatoms. The Morgan fingerprint density at radius 2 is 2.17 bits per heavy atom. The molecule has 0 saturated carbocycles. The Morgan fingerprint density at radius 3 is 2.58 bits per heavy atom. The first-order chi connectivity index (χ1) is 5.65. The number of primary amides is 1. The summed E-state index contributed by atoms with van der Waals surface area (Å²) in [4.78, 5) is 10.8. The van der Waals surface area contributed by atoms with Crippen molar-refractivity contribution < 1.29 is 4.79 Å². The van der Waals surface area contributed by atoms with Crippen molar-refractivity contribution in [3.05, 3.63) is 34.9 Å². The number of amides is 1. The van der Waals surface area contributed by atoms with Crippen LogP contribution < -0.4 is 5.73 Å². The van der Waals surface area contributed by atoms with Crippen LogP contribution in [0, 0.1) is 6.92 Å². The van der Waals surface area contributed by atoms with Gasteiger partial charge in [0.2, 0.25) is 5.91 Å². The molecule has 0 aliphatic rings. The molecule has 0 atom stereocenters. The number of nitrogens with two attached hydrogens (primary N) is 1. The zero-order valence-electron chi connectivity index (χ0n) is 7.42. The first-order valence-corrected chi connectivity index (χ1v) is 4.04. The van der Waals surface area contributed by atoms with Crippen molar-refractivity contribution >= 4 is 5.91 Å². The van der Waals surface area contributed by atoms with Gasteiger partial charge in [0.05, 0.1) is 0 Å². The van der Waals surface area contributed by atoms with E-state index in [1.54, 1.807) is 6.07 Å². The maximum atomic E-state index is 10.8. The van der Waals surface area contributed by atoms with Crippen molar-refractivity contribution in [3.8, 4) is 0 Å². The fourth-order valence-electron chi connectivity index (χ4n) is 1.22. The van der Waals surface area contributed by atoms with Gasteiger partial charge in [-0.05, 0) is 30.5 Å². The summed E-state index contributed by atoms with van der Waals surface area (Å²) in [5.74, 6) is -0.352. The second-order valence-corrected chi connectivity index (χ2v) is 2.87. The molecule has 0 bridgehead atoms. The molecule has 12 heavy (non-hydrogen) atoms. The lowest BCUT2D eigenvalue weighted by atomic mass is 10.0. The third-order valence-electron chi connectivity index (χ3n) is 1.96. The largest absolute Gasteiger partial charge is 0.366 e. The van der Waals surface area contributed by atoms with E-state index in [1.165, 1.54) is 5.56 Å². The maximum absolute atomic E-state index is 10.8. The Bertz CT molecular complexity index is 305. The lowest BCUT2D eigenvalue weighted by Crippen LogP contribution is -2.12. The summed E-state index contributed by atoms with van der Waals surface area (Å²) in [6, 6.07) is 5.73. The number of aryl methyl sites for hydroxylation is 2. The maximum Gasteiger partial charge on any atom is 0.248 e. The number of rotatable bonds is 2. The van der Waals surface area contributed by atoms with E-state index in [4.69, 9.17) is 5.73 Å². The van der Waals surface area contributed by atoms with Crippen molar-refractivity contribution in [1.29, 1.82) is 0 Å². The molecule has 0 saturated heterocycles. The summed E-state index contributed by atoms with van der Waals surface area (Å²) in [5, 5.41) is 0. The molecule has 0 unspecified atom stereocenters. The molecule has 1 aromatic rings. The SMILES string of the molecule is CCc1ccc(C(N)=O)c(C)c1. The van der Waals surface area contributed by atoms with Crippen LogP contribution in [0.3, 0.4) is 0 Å². The van der Waals surface area contributed by atoms with Gasteiger partial charge in [0.25, 0.3) is 0 Å². The monoisotopic (exact) mass is 163 g/mol. The van der Waals surface area contributed by atoms with Crippen LogP contribution in [0.25, 0.3) is 0 Å². The van der Waals surface area contributed by atoms with Crippen LogP contribution in [0.1, 0.15) is 28.4 Å². The van der Waals surface area contributed by atoms with Crippen molar-refractivity contribution in [1.82, 2.24) is 0 Å². The van der Waals surface area contributed by atoms with E-state index in [9.17, 15) is 4.79 Å². The highest BCUT2D eigenvalue weighted by Crippen LogP contribution is 2.10. The van der Waals surface area contributed by atoms with Crippen LogP contribution in [-0.2, 0) is 6.42 Å². The number of carbonyl (C=O) groups is 1. The number of carbonyl (C=O) groups excluding carboxylic acids is 1. The predicted molar refractivity (Wildman–Crippen MR) is 49.1 cm³/mol. The van der Waals surface area contributed by atoms with Crippen LogP contribution in [-0.4, -0.2) is 5.91 Å². The molecule has 0 heterocycles. The molecule has 1 amide bonds. The van der Waals surface area contributed by atoms with Crippen molar-refractivity contribution in [2.24, 2.45) is 5.73 Å². The van der Waals surface area contributed by atoms with E-state index in [0.717, 1.165) is 12.0 Å². The zero-order chi connectivity index (χ0) is 9.14. The van der Waals surface area contributed by atoms with E-state index in [2.05, 4.69) is 6.92 Å². The Labute approximate surface area is 72.4 Å². The Kier molecular flexibility index (Phi) is 2.48. The molecule has 1 aromatic carbocycles. The van der Waals surface area contributed by atoms with Gasteiger partial charge in [-0.1, -0.05) is 19.1 Å². The van der Waals surface area contributed by atoms with Gasteiger partial charge in [-0.2, -0.15) is 0 Å². The van der Waals surface area contributed by atoms with Gasteiger partial charge >= 0.3 is 0 Å². The lowest BCUT2D eigenvalue weighted by molar-refractivity contribution is 0.0999. The second kappa shape index (κ2) is 3.39. The van der Waals surface area contributed by atoms with Crippen molar-refractivity contribution in [2.75, 3.05) is 0 Å². The molecular formula is C10H13NO. The quantitative estimate of drug-likeness (QED) is 0.707. The topological polar surface area (TPSA) is 43.1 Å². The van der Waals surface area contributed by atoms with Crippen LogP contribution in [0.15, 0.2) is 18.2 Å². The van der Waals surface area contributed by atoms with Crippen molar-refractivity contribution in [3.63, 3.8) is 0 Å². The highest BCUT2D eigenvalue weighted by molar-refractivity contribution is 5.94. The van der Waals surface area contributed by atoms with Crippen LogP contribution in [0.2, 0.25) is 0 Å². The van der Waals surface area contributed by atoms with Gasteiger partial charge in [-0.25, -0.2) is 0 Å². The third-order valence-corrected chi connectivity index (χ3v) is 1.96. The van der Waals surface area contributed by atoms with Gasteiger partial charge < -0.3 is 5.73 Å². The Morgan fingerprint density at radius 1 is 1.50 bits per heavy atom. The number of benzene rings is 1. The lowest BCUT2D eigenvalue weighted by Gasteiger charge is -2.03. The molecule has 1 rings (SSSR count). The van der Waals surface area contributed by atoms with Crippen LogP contribution in [0.5, 0.6) is 0 Å². The van der Waals surface area contributed by atoms with Gasteiger partial charge in [0.1, 0.15) is 0 Å². The standard InChI is InChI=1S/C10H13NO/c1-3-8-4-5-9(10(11)12)7(2)6-8/h4-6H,3H2,1-2H3,(H2,11,12). The Hall–Kier alpha value is -1.31. The predicted octanol–water partition coefficient (Wildman–Crippen LogP) is 1.66. The number of hydrogen-bond donors (Lipinski definition) is 1. The number of hydrogen-bond acceptors (Lipinski definition) is 1. The molecule has 0 radical (unpaired) electrons. The second-order valence-electron chi connectivity index (χ2n) is 2.87.